The van der Waals surface area contributed by atoms with Crippen LogP contribution in [0.4, 0.5) is 0 Å². The summed E-state index contributed by atoms with van der Waals surface area (Å²) in [5.74, 6) is -1.18. The number of likely N-dealkylation sites (N-methyl/N-ethyl adjacent to an activating group) is 1. The number of carboxylic acid groups (broad SMARTS) is 1. The molecule has 0 saturated carbocycles. The molecule has 4 nitrogen and oxygen atoms in total. The van der Waals surface area contributed by atoms with Crippen molar-refractivity contribution < 1.29 is 14.6 Å². The maximum atomic E-state index is 10.9. The predicted molar refractivity (Wildman–Crippen MR) is 53.2 cm³/mol. The molecule has 0 amide bonds. The summed E-state index contributed by atoms with van der Waals surface area (Å²) in [5.41, 5.74) is 1.03. The molecule has 1 heterocycles. The van der Waals surface area contributed by atoms with Crippen molar-refractivity contribution in [2.75, 3.05) is 26.8 Å². The summed E-state index contributed by atoms with van der Waals surface area (Å²) < 4.78 is 5.18. The summed E-state index contributed by atoms with van der Waals surface area (Å²) in [4.78, 5) is 12.9. The number of rotatable bonds is 4. The predicted octanol–water partition coefficient (Wildman–Crippen LogP) is 0.594. The second-order valence-electron chi connectivity index (χ2n) is 3.92. The lowest BCUT2D eigenvalue weighted by Crippen LogP contribution is -2.41. The van der Waals surface area contributed by atoms with Crippen LogP contribution >= 0.6 is 0 Å². The van der Waals surface area contributed by atoms with E-state index in [1.807, 2.05) is 18.9 Å². The highest BCUT2D eigenvalue weighted by Gasteiger charge is 2.36. The van der Waals surface area contributed by atoms with Crippen LogP contribution < -0.4 is 0 Å². The van der Waals surface area contributed by atoms with Crippen LogP contribution in [0.25, 0.3) is 0 Å². The van der Waals surface area contributed by atoms with Crippen molar-refractivity contribution in [3.63, 3.8) is 0 Å². The summed E-state index contributed by atoms with van der Waals surface area (Å²) >= 11 is 0. The molecule has 0 aromatic heterocycles. The Balaban J connectivity index is 2.57. The van der Waals surface area contributed by atoms with Gasteiger partial charge < -0.3 is 9.84 Å². The van der Waals surface area contributed by atoms with Crippen LogP contribution in [0.5, 0.6) is 0 Å². The van der Waals surface area contributed by atoms with Gasteiger partial charge in [-0.1, -0.05) is 12.2 Å². The third-order valence-corrected chi connectivity index (χ3v) is 2.45. The van der Waals surface area contributed by atoms with Crippen LogP contribution in [0.2, 0.25) is 0 Å². The Morgan fingerprint density at radius 1 is 1.64 bits per heavy atom. The molecule has 1 aliphatic heterocycles. The average Bonchev–Trinajstić information content (AvgIpc) is 2.49. The van der Waals surface area contributed by atoms with Crippen molar-refractivity contribution >= 4 is 5.97 Å². The van der Waals surface area contributed by atoms with E-state index in [2.05, 4.69) is 6.58 Å². The number of aliphatic carboxylic acids is 1. The highest BCUT2D eigenvalue weighted by molar-refractivity contribution is 5.71. The maximum Gasteiger partial charge on any atom is 0.310 e. The van der Waals surface area contributed by atoms with E-state index >= 15 is 0 Å². The van der Waals surface area contributed by atoms with Gasteiger partial charge in [0.15, 0.2) is 0 Å². The molecule has 0 radical (unpaired) electrons. The van der Waals surface area contributed by atoms with Gasteiger partial charge in [0.2, 0.25) is 0 Å². The first-order valence-electron chi connectivity index (χ1n) is 4.67. The largest absolute Gasteiger partial charge is 0.481 e. The molecule has 1 saturated heterocycles. The SMILES string of the molecule is C=C(C)CN(C)C1COCC1C(=O)O. The number of hydrogen-bond acceptors (Lipinski definition) is 3. The molecule has 14 heavy (non-hydrogen) atoms. The normalized spacial score (nSPS) is 26.8. The molecule has 2 unspecified atom stereocenters. The zero-order valence-electron chi connectivity index (χ0n) is 8.69. The molecule has 2 atom stereocenters. The van der Waals surface area contributed by atoms with Crippen LogP contribution in [0.1, 0.15) is 6.92 Å². The fourth-order valence-electron chi connectivity index (χ4n) is 1.76. The number of ether oxygens (including phenoxy) is 1. The molecule has 0 aromatic rings. The summed E-state index contributed by atoms with van der Waals surface area (Å²) in [7, 11) is 1.91. The van der Waals surface area contributed by atoms with Gasteiger partial charge in [0.05, 0.1) is 19.1 Å². The molecule has 1 aliphatic rings. The first kappa shape index (κ1) is 11.2. The van der Waals surface area contributed by atoms with Crippen molar-refractivity contribution in [2.45, 2.75) is 13.0 Å². The Hall–Kier alpha value is -0.870. The Bertz CT molecular complexity index is 240. The molecule has 0 spiro atoms. The lowest BCUT2D eigenvalue weighted by Gasteiger charge is -2.25. The standard InChI is InChI=1S/C10H17NO3/c1-7(2)4-11(3)9-6-14-5-8(9)10(12)13/h8-9H,1,4-6H2,2-3H3,(H,12,13). The summed E-state index contributed by atoms with van der Waals surface area (Å²) in [6.45, 7) is 7.28. The second kappa shape index (κ2) is 4.57. The van der Waals surface area contributed by atoms with E-state index in [1.54, 1.807) is 0 Å². The minimum atomic E-state index is -0.777. The van der Waals surface area contributed by atoms with Gasteiger partial charge in [-0.25, -0.2) is 0 Å². The highest BCUT2D eigenvalue weighted by atomic mass is 16.5. The second-order valence-corrected chi connectivity index (χ2v) is 3.92. The molecule has 0 aromatic carbocycles. The van der Waals surface area contributed by atoms with Crippen LogP contribution in [0, 0.1) is 5.92 Å². The lowest BCUT2D eigenvalue weighted by molar-refractivity contribution is -0.143. The van der Waals surface area contributed by atoms with Crippen LogP contribution in [-0.2, 0) is 9.53 Å². The smallest absolute Gasteiger partial charge is 0.310 e. The van der Waals surface area contributed by atoms with Crippen molar-refractivity contribution in [3.8, 4) is 0 Å². The molecule has 0 bridgehead atoms. The van der Waals surface area contributed by atoms with E-state index in [9.17, 15) is 4.79 Å². The van der Waals surface area contributed by atoms with E-state index in [0.29, 0.717) is 13.2 Å². The minimum absolute atomic E-state index is 0.0239. The summed E-state index contributed by atoms with van der Waals surface area (Å²) in [6, 6.07) is -0.0239. The molecule has 0 aliphatic carbocycles. The van der Waals surface area contributed by atoms with Gasteiger partial charge in [-0.15, -0.1) is 0 Å². The van der Waals surface area contributed by atoms with Gasteiger partial charge in [-0.05, 0) is 14.0 Å². The van der Waals surface area contributed by atoms with Crippen LogP contribution in [-0.4, -0.2) is 48.8 Å². The Morgan fingerprint density at radius 2 is 2.29 bits per heavy atom. The first-order valence-corrected chi connectivity index (χ1v) is 4.67. The maximum absolute atomic E-state index is 10.9. The van der Waals surface area contributed by atoms with Gasteiger partial charge in [0, 0.05) is 12.6 Å². The van der Waals surface area contributed by atoms with E-state index in [1.165, 1.54) is 0 Å². The Labute approximate surface area is 84.2 Å². The van der Waals surface area contributed by atoms with Gasteiger partial charge in [-0.3, -0.25) is 9.69 Å². The molecular formula is C10H17NO3. The van der Waals surface area contributed by atoms with Crippen molar-refractivity contribution in [1.82, 2.24) is 4.90 Å². The van der Waals surface area contributed by atoms with Crippen LogP contribution in [0.3, 0.4) is 0 Å². The Kier molecular flexibility index (Phi) is 3.66. The quantitative estimate of drug-likeness (QED) is 0.673. The molecule has 1 N–H and O–H groups in total. The third-order valence-electron chi connectivity index (χ3n) is 2.45. The molecule has 1 fully saturated rings. The van der Waals surface area contributed by atoms with E-state index in [-0.39, 0.29) is 6.04 Å². The first-order chi connectivity index (χ1) is 6.52. The van der Waals surface area contributed by atoms with Crippen LogP contribution in [0.15, 0.2) is 12.2 Å². The number of hydrogen-bond donors (Lipinski definition) is 1. The highest BCUT2D eigenvalue weighted by Crippen LogP contribution is 2.19. The fraction of sp³-hybridized carbons (Fsp3) is 0.700. The van der Waals surface area contributed by atoms with Crippen molar-refractivity contribution in [2.24, 2.45) is 5.92 Å². The lowest BCUT2D eigenvalue weighted by atomic mass is 10.0. The van der Waals surface area contributed by atoms with E-state index < -0.39 is 11.9 Å². The van der Waals surface area contributed by atoms with Crippen molar-refractivity contribution in [3.05, 3.63) is 12.2 Å². The van der Waals surface area contributed by atoms with Gasteiger partial charge in [0.1, 0.15) is 0 Å². The zero-order valence-corrected chi connectivity index (χ0v) is 8.69. The van der Waals surface area contributed by atoms with E-state index in [0.717, 1.165) is 12.1 Å². The minimum Gasteiger partial charge on any atom is -0.481 e. The third kappa shape index (κ3) is 2.56. The molecular weight excluding hydrogens is 182 g/mol. The van der Waals surface area contributed by atoms with Gasteiger partial charge >= 0.3 is 5.97 Å². The molecule has 4 heteroatoms. The number of carbonyl (C=O) groups is 1. The van der Waals surface area contributed by atoms with Gasteiger partial charge in [0.25, 0.3) is 0 Å². The monoisotopic (exact) mass is 199 g/mol. The average molecular weight is 199 g/mol. The van der Waals surface area contributed by atoms with E-state index in [4.69, 9.17) is 9.84 Å². The Morgan fingerprint density at radius 3 is 2.79 bits per heavy atom. The summed E-state index contributed by atoms with van der Waals surface area (Å²) in [5, 5.41) is 8.94. The van der Waals surface area contributed by atoms with Gasteiger partial charge in [-0.2, -0.15) is 0 Å². The topological polar surface area (TPSA) is 49.8 Å². The number of nitrogens with zero attached hydrogens (tertiary/aromatic N) is 1. The molecule has 80 valence electrons. The number of carboxylic acids is 1. The van der Waals surface area contributed by atoms with Crippen molar-refractivity contribution in [1.29, 1.82) is 0 Å². The summed E-state index contributed by atoms with van der Waals surface area (Å²) in [6.07, 6.45) is 0. The molecule has 1 rings (SSSR count). The fourth-order valence-corrected chi connectivity index (χ4v) is 1.76. The zero-order chi connectivity index (χ0) is 10.7.